The largest absolute Gasteiger partial charge is 0.317 e. The van der Waals surface area contributed by atoms with Crippen LogP contribution in [-0.2, 0) is 0 Å². The number of nitrogens with zero attached hydrogens (tertiary/aromatic N) is 1. The van der Waals surface area contributed by atoms with E-state index in [0.29, 0.717) is 0 Å². The van der Waals surface area contributed by atoms with Crippen molar-refractivity contribution in [2.45, 2.75) is 39.2 Å². The number of piperidine rings is 1. The predicted octanol–water partition coefficient (Wildman–Crippen LogP) is 1.06. The van der Waals surface area contributed by atoms with Crippen molar-refractivity contribution < 1.29 is 0 Å². The van der Waals surface area contributed by atoms with E-state index >= 15 is 0 Å². The Morgan fingerprint density at radius 2 is 1.53 bits per heavy atom. The Balaban J connectivity index is 0.000000531. The summed E-state index contributed by atoms with van der Waals surface area (Å²) in [5.74, 6) is 0. The average molecular weight is 213 g/mol. The van der Waals surface area contributed by atoms with Crippen LogP contribution in [0.2, 0.25) is 0 Å². The minimum Gasteiger partial charge on any atom is -0.317 e. The first-order valence-electron chi connectivity index (χ1n) is 6.62. The summed E-state index contributed by atoms with van der Waals surface area (Å²) in [5.41, 5.74) is 0. The van der Waals surface area contributed by atoms with Crippen LogP contribution in [0, 0.1) is 0 Å². The van der Waals surface area contributed by atoms with Crippen LogP contribution in [0.25, 0.3) is 0 Å². The maximum absolute atomic E-state index is 3.46. The van der Waals surface area contributed by atoms with Crippen LogP contribution in [0.3, 0.4) is 0 Å². The molecule has 3 nitrogen and oxygen atoms in total. The van der Waals surface area contributed by atoms with Gasteiger partial charge in [0.15, 0.2) is 0 Å². The van der Waals surface area contributed by atoms with Crippen LogP contribution in [0.15, 0.2) is 0 Å². The highest BCUT2D eigenvalue weighted by Crippen LogP contribution is 2.12. The highest BCUT2D eigenvalue weighted by molar-refractivity contribution is 4.79. The highest BCUT2D eigenvalue weighted by atomic mass is 15.2. The quantitative estimate of drug-likeness (QED) is 0.682. The molecule has 0 aromatic rings. The summed E-state index contributed by atoms with van der Waals surface area (Å²) in [4.78, 5) is 2.68. The zero-order valence-corrected chi connectivity index (χ0v) is 10.4. The molecule has 0 aromatic carbocycles. The number of hydrogen-bond donors (Lipinski definition) is 2. The third-order valence-corrected chi connectivity index (χ3v) is 3.20. The molecule has 2 saturated heterocycles. The molecule has 0 atom stereocenters. The van der Waals surface area contributed by atoms with Crippen molar-refractivity contribution in [2.75, 3.05) is 39.3 Å². The van der Waals surface area contributed by atoms with E-state index in [0.717, 1.165) is 6.04 Å². The van der Waals surface area contributed by atoms with Crippen LogP contribution < -0.4 is 10.6 Å². The van der Waals surface area contributed by atoms with Gasteiger partial charge in [-0.1, -0.05) is 13.8 Å². The van der Waals surface area contributed by atoms with E-state index in [4.69, 9.17) is 0 Å². The van der Waals surface area contributed by atoms with Gasteiger partial charge in [-0.3, -0.25) is 4.90 Å². The van der Waals surface area contributed by atoms with Crippen molar-refractivity contribution in [2.24, 2.45) is 0 Å². The van der Waals surface area contributed by atoms with Crippen molar-refractivity contribution in [3.8, 4) is 0 Å². The average Bonchev–Trinajstić information content (AvgIpc) is 2.61. The summed E-state index contributed by atoms with van der Waals surface area (Å²) in [6.07, 6.45) is 4.02. The molecule has 0 aliphatic carbocycles. The van der Waals surface area contributed by atoms with Gasteiger partial charge in [-0.25, -0.2) is 0 Å². The Morgan fingerprint density at radius 1 is 0.867 bits per heavy atom. The monoisotopic (exact) mass is 213 g/mol. The van der Waals surface area contributed by atoms with E-state index in [1.54, 1.807) is 0 Å². The molecular weight excluding hydrogens is 186 g/mol. The molecule has 0 spiro atoms. The lowest BCUT2D eigenvalue weighted by atomic mass is 10.0. The number of nitrogens with one attached hydrogen (secondary N) is 2. The van der Waals surface area contributed by atoms with Gasteiger partial charge < -0.3 is 10.6 Å². The molecule has 0 bridgehead atoms. The van der Waals surface area contributed by atoms with Crippen LogP contribution in [-0.4, -0.2) is 50.2 Å². The molecule has 2 N–H and O–H groups in total. The fourth-order valence-corrected chi connectivity index (χ4v) is 2.40. The molecule has 2 aliphatic heterocycles. The molecule has 15 heavy (non-hydrogen) atoms. The lowest BCUT2D eigenvalue weighted by Crippen LogP contribution is -2.44. The van der Waals surface area contributed by atoms with Gasteiger partial charge in [-0.15, -0.1) is 0 Å². The topological polar surface area (TPSA) is 27.3 Å². The minimum absolute atomic E-state index is 0.862. The van der Waals surface area contributed by atoms with Crippen LogP contribution >= 0.6 is 0 Å². The van der Waals surface area contributed by atoms with Gasteiger partial charge in [-0.05, 0) is 45.4 Å². The van der Waals surface area contributed by atoms with E-state index in [1.807, 2.05) is 13.8 Å². The van der Waals surface area contributed by atoms with E-state index in [-0.39, 0.29) is 0 Å². The Hall–Kier alpha value is -0.120. The molecule has 2 heterocycles. The zero-order valence-electron chi connectivity index (χ0n) is 10.4. The summed E-state index contributed by atoms with van der Waals surface area (Å²) in [5, 5.41) is 6.89. The smallest absolute Gasteiger partial charge is 0.0120 e. The molecule has 3 heteroatoms. The second-order valence-corrected chi connectivity index (χ2v) is 4.12. The van der Waals surface area contributed by atoms with Crippen molar-refractivity contribution >= 4 is 0 Å². The second-order valence-electron chi connectivity index (χ2n) is 4.12. The SMILES string of the molecule is C1CNCCN(C2CCNCC2)C1.CC. The summed E-state index contributed by atoms with van der Waals surface area (Å²) in [7, 11) is 0. The van der Waals surface area contributed by atoms with E-state index < -0.39 is 0 Å². The molecule has 0 saturated carbocycles. The summed E-state index contributed by atoms with van der Waals surface area (Å²) >= 11 is 0. The second kappa shape index (κ2) is 8.08. The number of rotatable bonds is 1. The van der Waals surface area contributed by atoms with Crippen molar-refractivity contribution in [3.63, 3.8) is 0 Å². The molecule has 2 rings (SSSR count). The first kappa shape index (κ1) is 12.9. The fraction of sp³-hybridized carbons (Fsp3) is 1.00. The van der Waals surface area contributed by atoms with Gasteiger partial charge in [0.25, 0.3) is 0 Å². The van der Waals surface area contributed by atoms with Crippen LogP contribution in [0.1, 0.15) is 33.1 Å². The van der Waals surface area contributed by atoms with Gasteiger partial charge >= 0.3 is 0 Å². The predicted molar refractivity (Wildman–Crippen MR) is 66.3 cm³/mol. The Labute approximate surface area is 94.6 Å². The van der Waals surface area contributed by atoms with Gasteiger partial charge in [0.2, 0.25) is 0 Å². The Morgan fingerprint density at radius 3 is 2.27 bits per heavy atom. The van der Waals surface area contributed by atoms with Gasteiger partial charge in [0.05, 0.1) is 0 Å². The lowest BCUT2D eigenvalue weighted by molar-refractivity contribution is 0.172. The normalized spacial score (nSPS) is 25.2. The summed E-state index contributed by atoms with van der Waals surface area (Å²) in [6, 6.07) is 0.862. The molecule has 0 radical (unpaired) electrons. The standard InChI is InChI=1S/C10H21N3.C2H6/c1-4-11-7-9-13(8-1)10-2-5-12-6-3-10;1-2/h10-12H,1-9H2;1-2H3. The maximum Gasteiger partial charge on any atom is 0.0120 e. The lowest BCUT2D eigenvalue weighted by Gasteiger charge is -2.33. The maximum atomic E-state index is 3.46. The van der Waals surface area contributed by atoms with E-state index in [9.17, 15) is 0 Å². The van der Waals surface area contributed by atoms with Crippen LogP contribution in [0.4, 0.5) is 0 Å². The fourth-order valence-electron chi connectivity index (χ4n) is 2.40. The minimum atomic E-state index is 0.862. The van der Waals surface area contributed by atoms with E-state index in [2.05, 4.69) is 15.5 Å². The third kappa shape index (κ3) is 4.49. The van der Waals surface area contributed by atoms with Crippen molar-refractivity contribution in [1.29, 1.82) is 0 Å². The molecule has 0 amide bonds. The zero-order chi connectivity index (χ0) is 10.9. The first-order chi connectivity index (χ1) is 7.47. The van der Waals surface area contributed by atoms with E-state index in [1.165, 1.54) is 58.5 Å². The van der Waals surface area contributed by atoms with Crippen LogP contribution in [0.5, 0.6) is 0 Å². The van der Waals surface area contributed by atoms with Crippen molar-refractivity contribution in [3.05, 3.63) is 0 Å². The summed E-state index contributed by atoms with van der Waals surface area (Å²) < 4.78 is 0. The third-order valence-electron chi connectivity index (χ3n) is 3.20. The van der Waals surface area contributed by atoms with Gasteiger partial charge in [0, 0.05) is 19.1 Å². The highest BCUT2D eigenvalue weighted by Gasteiger charge is 2.20. The van der Waals surface area contributed by atoms with Gasteiger partial charge in [-0.2, -0.15) is 0 Å². The Bertz CT molecular complexity index is 136. The Kier molecular flexibility index (Phi) is 6.98. The van der Waals surface area contributed by atoms with Crippen molar-refractivity contribution in [1.82, 2.24) is 15.5 Å². The molecule has 0 unspecified atom stereocenters. The molecule has 2 fully saturated rings. The molecule has 2 aliphatic rings. The first-order valence-corrected chi connectivity index (χ1v) is 6.62. The molecule has 0 aromatic heterocycles. The molecular formula is C12H27N3. The number of hydrogen-bond acceptors (Lipinski definition) is 3. The van der Waals surface area contributed by atoms with Gasteiger partial charge in [0.1, 0.15) is 0 Å². The molecule has 90 valence electrons. The summed E-state index contributed by atoms with van der Waals surface area (Å²) in [6.45, 7) is 11.4.